The number of rotatable bonds is 6. The number of benzene rings is 2. The number of nitrogens with zero attached hydrogens (tertiary/aromatic N) is 5. The van der Waals surface area contributed by atoms with E-state index in [1.54, 1.807) is 28.8 Å². The number of hydrogen-bond donors (Lipinski definition) is 4. The Morgan fingerprint density at radius 2 is 1.74 bits per heavy atom. The highest BCUT2D eigenvalue weighted by molar-refractivity contribution is 6.31. The van der Waals surface area contributed by atoms with E-state index in [4.69, 9.17) is 11.6 Å². The molecule has 0 unspecified atom stereocenters. The van der Waals surface area contributed by atoms with Gasteiger partial charge in [0.2, 0.25) is 0 Å². The molecule has 2 heterocycles. The molecule has 198 valence electrons. The number of alkyl halides is 3. The number of amides is 4. The summed E-state index contributed by atoms with van der Waals surface area (Å²) in [6.45, 7) is -0.294. The van der Waals surface area contributed by atoms with Crippen molar-refractivity contribution in [1.82, 2.24) is 24.8 Å². The molecule has 15 heteroatoms. The van der Waals surface area contributed by atoms with Crippen molar-refractivity contribution in [3.8, 4) is 5.69 Å². The SMILES string of the molecule is CNC(=O)N(CCO)c1ncnc2c1ncn2-c1ccc(NC(=O)Nc2ccc(Cl)c(C(F)(F)F)c2)cc1. The van der Waals surface area contributed by atoms with Crippen LogP contribution in [-0.2, 0) is 6.18 Å². The van der Waals surface area contributed by atoms with Gasteiger partial charge in [0.05, 0.1) is 23.7 Å². The molecule has 0 aliphatic carbocycles. The van der Waals surface area contributed by atoms with Gasteiger partial charge in [-0.3, -0.25) is 9.47 Å². The number of hydrogen-bond acceptors (Lipinski definition) is 6. The maximum atomic E-state index is 13.1. The lowest BCUT2D eigenvalue weighted by molar-refractivity contribution is -0.137. The third-order valence-electron chi connectivity index (χ3n) is 5.29. The monoisotopic (exact) mass is 548 g/mol. The second-order valence-corrected chi connectivity index (χ2v) is 8.14. The van der Waals surface area contributed by atoms with Crippen molar-refractivity contribution in [2.45, 2.75) is 6.18 Å². The van der Waals surface area contributed by atoms with Crippen LogP contribution in [0.3, 0.4) is 0 Å². The van der Waals surface area contributed by atoms with Crippen LogP contribution in [0, 0.1) is 0 Å². The molecular formula is C23H20ClF3N8O3. The number of imidazole rings is 1. The average molecular weight is 549 g/mol. The van der Waals surface area contributed by atoms with E-state index in [0.717, 1.165) is 12.1 Å². The zero-order chi connectivity index (χ0) is 27.4. The Kier molecular flexibility index (Phi) is 7.64. The summed E-state index contributed by atoms with van der Waals surface area (Å²) in [5, 5.41) is 16.2. The number of aliphatic hydroxyl groups is 1. The van der Waals surface area contributed by atoms with Crippen molar-refractivity contribution in [2.75, 3.05) is 35.7 Å². The average Bonchev–Trinajstić information content (AvgIpc) is 3.32. The van der Waals surface area contributed by atoms with Crippen molar-refractivity contribution in [3.05, 3.63) is 65.7 Å². The van der Waals surface area contributed by atoms with Gasteiger partial charge in [-0.05, 0) is 42.5 Å². The largest absolute Gasteiger partial charge is 0.417 e. The normalized spacial score (nSPS) is 11.3. The van der Waals surface area contributed by atoms with Crippen LogP contribution in [-0.4, -0.2) is 56.9 Å². The molecule has 0 saturated carbocycles. The minimum absolute atomic E-state index is 0.00534. The van der Waals surface area contributed by atoms with E-state index in [0.29, 0.717) is 22.5 Å². The number of halogens is 4. The Hall–Kier alpha value is -4.43. The first-order valence-electron chi connectivity index (χ1n) is 11.0. The summed E-state index contributed by atoms with van der Waals surface area (Å²) in [5.74, 6) is 0.216. The van der Waals surface area contributed by atoms with Crippen molar-refractivity contribution >= 4 is 52.0 Å². The van der Waals surface area contributed by atoms with Gasteiger partial charge < -0.3 is 21.1 Å². The number of carbonyl (C=O) groups is 2. The molecule has 0 radical (unpaired) electrons. The van der Waals surface area contributed by atoms with Gasteiger partial charge in [0.15, 0.2) is 17.0 Å². The molecule has 2 aromatic carbocycles. The summed E-state index contributed by atoms with van der Waals surface area (Å²) in [5.41, 5.74) is 0.559. The Labute approximate surface area is 218 Å². The molecule has 4 amide bonds. The number of aliphatic hydroxyl groups excluding tert-OH is 1. The molecule has 38 heavy (non-hydrogen) atoms. The minimum atomic E-state index is -4.66. The smallest absolute Gasteiger partial charge is 0.395 e. The third-order valence-corrected chi connectivity index (χ3v) is 5.61. The topological polar surface area (TPSA) is 137 Å². The Bertz CT molecular complexity index is 1480. The van der Waals surface area contributed by atoms with Crippen LogP contribution in [0.2, 0.25) is 5.02 Å². The standard InChI is InChI=1S/C23H20ClF3N8O3/c1-28-22(38)34(8-9-36)19-18-20(30-11-29-19)35(12-31-18)15-5-2-13(3-6-15)32-21(37)33-14-4-7-17(24)16(10-14)23(25,26)27/h2-7,10-12,36H,8-9H2,1H3,(H,28,38)(H2,32,33,37). The summed E-state index contributed by atoms with van der Waals surface area (Å²) in [6, 6.07) is 8.30. The van der Waals surface area contributed by atoms with Gasteiger partial charge in [-0.2, -0.15) is 13.2 Å². The first-order chi connectivity index (χ1) is 18.1. The first-order valence-corrected chi connectivity index (χ1v) is 11.3. The van der Waals surface area contributed by atoms with E-state index in [1.807, 2.05) is 0 Å². The summed E-state index contributed by atoms with van der Waals surface area (Å²) in [7, 11) is 1.45. The van der Waals surface area contributed by atoms with Crippen molar-refractivity contribution in [3.63, 3.8) is 0 Å². The van der Waals surface area contributed by atoms with Gasteiger partial charge in [-0.25, -0.2) is 24.5 Å². The number of aromatic nitrogens is 4. The zero-order valence-corrected chi connectivity index (χ0v) is 20.4. The molecule has 0 bridgehead atoms. The van der Waals surface area contributed by atoms with Gasteiger partial charge in [0, 0.05) is 24.1 Å². The van der Waals surface area contributed by atoms with E-state index in [9.17, 15) is 27.9 Å². The molecule has 0 fully saturated rings. The second-order valence-electron chi connectivity index (χ2n) is 7.73. The highest BCUT2D eigenvalue weighted by Gasteiger charge is 2.33. The molecule has 11 nitrogen and oxygen atoms in total. The second kappa shape index (κ2) is 10.9. The van der Waals surface area contributed by atoms with Gasteiger partial charge in [-0.15, -0.1) is 0 Å². The van der Waals surface area contributed by atoms with E-state index >= 15 is 0 Å². The fourth-order valence-electron chi connectivity index (χ4n) is 3.57. The fraction of sp³-hybridized carbons (Fsp3) is 0.174. The highest BCUT2D eigenvalue weighted by atomic mass is 35.5. The van der Waals surface area contributed by atoms with Crippen molar-refractivity contribution in [2.24, 2.45) is 0 Å². The fourth-order valence-corrected chi connectivity index (χ4v) is 3.79. The van der Waals surface area contributed by atoms with Crippen LogP contribution in [0.1, 0.15) is 5.56 Å². The number of anilines is 3. The quantitative estimate of drug-likeness (QED) is 0.284. The van der Waals surface area contributed by atoms with Crippen LogP contribution in [0.5, 0.6) is 0 Å². The molecule has 4 rings (SSSR count). The number of fused-ring (bicyclic) bond motifs is 1. The van der Waals surface area contributed by atoms with Gasteiger partial charge >= 0.3 is 18.2 Å². The van der Waals surface area contributed by atoms with Crippen LogP contribution < -0.4 is 20.9 Å². The summed E-state index contributed by atoms with van der Waals surface area (Å²) >= 11 is 5.61. The summed E-state index contributed by atoms with van der Waals surface area (Å²) < 4.78 is 40.8. The molecule has 0 atom stereocenters. The summed E-state index contributed by atoms with van der Waals surface area (Å²) in [4.78, 5) is 38.6. The highest BCUT2D eigenvalue weighted by Crippen LogP contribution is 2.36. The molecule has 0 spiro atoms. The minimum Gasteiger partial charge on any atom is -0.395 e. The maximum Gasteiger partial charge on any atom is 0.417 e. The maximum absolute atomic E-state index is 13.1. The van der Waals surface area contributed by atoms with E-state index in [-0.39, 0.29) is 24.7 Å². The molecule has 0 aliphatic heterocycles. The van der Waals surface area contributed by atoms with Gasteiger partial charge in [0.25, 0.3) is 0 Å². The van der Waals surface area contributed by atoms with E-state index < -0.39 is 28.8 Å². The van der Waals surface area contributed by atoms with Gasteiger partial charge in [-0.1, -0.05) is 11.6 Å². The lowest BCUT2D eigenvalue weighted by Crippen LogP contribution is -2.40. The number of carbonyl (C=O) groups excluding carboxylic acids is 2. The molecule has 0 aliphatic rings. The molecule has 2 aromatic heterocycles. The van der Waals surface area contributed by atoms with Crippen LogP contribution in [0.25, 0.3) is 16.9 Å². The summed E-state index contributed by atoms with van der Waals surface area (Å²) in [6.07, 6.45) is -1.91. The van der Waals surface area contributed by atoms with Crippen molar-refractivity contribution in [1.29, 1.82) is 0 Å². The Morgan fingerprint density at radius 3 is 2.39 bits per heavy atom. The zero-order valence-electron chi connectivity index (χ0n) is 19.6. The van der Waals surface area contributed by atoms with Crippen molar-refractivity contribution < 1.29 is 27.9 Å². The third kappa shape index (κ3) is 5.60. The molecule has 0 saturated heterocycles. The Morgan fingerprint density at radius 1 is 1.05 bits per heavy atom. The predicted molar refractivity (Wildman–Crippen MR) is 135 cm³/mol. The van der Waals surface area contributed by atoms with Crippen LogP contribution in [0.15, 0.2) is 55.1 Å². The first kappa shape index (κ1) is 26.6. The van der Waals surface area contributed by atoms with E-state index in [1.165, 1.54) is 30.7 Å². The van der Waals surface area contributed by atoms with Crippen LogP contribution >= 0.6 is 11.6 Å². The molecule has 4 N–H and O–H groups in total. The van der Waals surface area contributed by atoms with Crippen LogP contribution in [0.4, 0.5) is 40.0 Å². The lowest BCUT2D eigenvalue weighted by atomic mass is 10.2. The number of nitrogens with one attached hydrogen (secondary N) is 3. The van der Waals surface area contributed by atoms with E-state index in [2.05, 4.69) is 30.9 Å². The molecular weight excluding hydrogens is 529 g/mol. The van der Waals surface area contributed by atoms with Gasteiger partial charge in [0.1, 0.15) is 12.7 Å². The Balaban J connectivity index is 1.52. The molecule has 4 aromatic rings. The predicted octanol–water partition coefficient (Wildman–Crippen LogP) is 4.27. The number of urea groups is 2. The lowest BCUT2D eigenvalue weighted by Gasteiger charge is -2.20.